The van der Waals surface area contributed by atoms with E-state index in [9.17, 15) is 5.26 Å². The maximum atomic E-state index is 9.76. The van der Waals surface area contributed by atoms with E-state index in [2.05, 4.69) is 17.9 Å². The highest BCUT2D eigenvalue weighted by molar-refractivity contribution is 5.43. The van der Waals surface area contributed by atoms with Gasteiger partial charge in [0, 0.05) is 38.5 Å². The van der Waals surface area contributed by atoms with Gasteiger partial charge >= 0.3 is 0 Å². The van der Waals surface area contributed by atoms with E-state index in [-0.39, 0.29) is 17.7 Å². The summed E-state index contributed by atoms with van der Waals surface area (Å²) in [5, 5.41) is 9.76. The lowest BCUT2D eigenvalue weighted by Crippen LogP contribution is -2.59. The van der Waals surface area contributed by atoms with Crippen LogP contribution in [0.25, 0.3) is 0 Å². The van der Waals surface area contributed by atoms with Crippen molar-refractivity contribution in [2.45, 2.75) is 31.5 Å². The van der Waals surface area contributed by atoms with Gasteiger partial charge in [0.05, 0.1) is 12.7 Å². The third-order valence-corrected chi connectivity index (χ3v) is 5.54. The Morgan fingerprint density at radius 1 is 1.35 bits per heavy atom. The Bertz CT molecular complexity index is 710. The second-order valence-corrected chi connectivity index (χ2v) is 6.92. The Morgan fingerprint density at radius 3 is 2.65 bits per heavy atom. The zero-order chi connectivity index (χ0) is 18.7. The van der Waals surface area contributed by atoms with Crippen molar-refractivity contribution < 1.29 is 14.2 Å². The molecule has 1 fully saturated rings. The number of allylic oxidation sites excluding steroid dienone is 1. The van der Waals surface area contributed by atoms with Crippen LogP contribution in [0.15, 0.2) is 35.7 Å². The smallest absolute Gasteiger partial charge is 0.218 e. The third-order valence-electron chi connectivity index (χ3n) is 5.54. The number of nitrogens with two attached hydrogens (primary N) is 1. The number of ether oxygens (including phenoxy) is 3. The number of nitriles is 1. The molecule has 2 heterocycles. The maximum Gasteiger partial charge on any atom is 0.218 e. The summed E-state index contributed by atoms with van der Waals surface area (Å²) in [6, 6.07) is 10.1. The van der Waals surface area contributed by atoms with Crippen LogP contribution in [0.3, 0.4) is 0 Å². The number of likely N-dealkylation sites (tertiary alicyclic amines) is 1. The van der Waals surface area contributed by atoms with Crippen molar-refractivity contribution in [2.75, 3.05) is 33.9 Å². The van der Waals surface area contributed by atoms with Crippen molar-refractivity contribution in [2.24, 2.45) is 11.7 Å². The quantitative estimate of drug-likeness (QED) is 0.872. The van der Waals surface area contributed by atoms with Gasteiger partial charge in [-0.3, -0.25) is 0 Å². The molecule has 1 aromatic rings. The minimum Gasteiger partial charge on any atom is -0.497 e. The zero-order valence-electron chi connectivity index (χ0n) is 15.7. The number of hydrogen-bond donors (Lipinski definition) is 1. The lowest BCUT2D eigenvalue weighted by Gasteiger charge is -2.51. The molecule has 3 rings (SSSR count). The molecule has 1 saturated heterocycles. The molecule has 0 amide bonds. The second-order valence-electron chi connectivity index (χ2n) is 6.92. The van der Waals surface area contributed by atoms with Gasteiger partial charge in [-0.1, -0.05) is 19.1 Å². The number of rotatable bonds is 5. The van der Waals surface area contributed by atoms with Gasteiger partial charge in [-0.15, -0.1) is 0 Å². The van der Waals surface area contributed by atoms with Crippen molar-refractivity contribution in [1.82, 2.24) is 4.90 Å². The molecule has 3 atom stereocenters. The molecule has 2 aliphatic rings. The highest BCUT2D eigenvalue weighted by atomic mass is 16.7. The molecule has 26 heavy (non-hydrogen) atoms. The van der Waals surface area contributed by atoms with Gasteiger partial charge in [-0.05, 0) is 30.7 Å². The Morgan fingerprint density at radius 2 is 2.08 bits per heavy atom. The van der Waals surface area contributed by atoms with E-state index in [1.807, 2.05) is 24.3 Å². The molecule has 0 radical (unpaired) electrons. The first-order valence-electron chi connectivity index (χ1n) is 9.08. The van der Waals surface area contributed by atoms with Gasteiger partial charge in [0.25, 0.3) is 0 Å². The molecule has 6 nitrogen and oxygen atoms in total. The average Bonchev–Trinajstić information content (AvgIpc) is 2.67. The third kappa shape index (κ3) is 3.13. The molecule has 0 unspecified atom stereocenters. The predicted octanol–water partition coefficient (Wildman–Crippen LogP) is 2.58. The molecule has 6 heteroatoms. The SMILES string of the molecule is CCCN1CC[C@@]2(OC)OC(N)=C(C#N)[C@@H](c3ccc(OC)cc3)[C@@H]2C1. The van der Waals surface area contributed by atoms with Crippen molar-refractivity contribution in [3.8, 4) is 11.8 Å². The fourth-order valence-electron chi connectivity index (χ4n) is 4.24. The van der Waals surface area contributed by atoms with Crippen molar-refractivity contribution in [3.05, 3.63) is 41.3 Å². The molecular weight excluding hydrogens is 330 g/mol. The Labute approximate surface area is 155 Å². The number of hydrogen-bond acceptors (Lipinski definition) is 6. The predicted molar refractivity (Wildman–Crippen MR) is 98.2 cm³/mol. The molecule has 2 N–H and O–H groups in total. The first-order chi connectivity index (χ1) is 12.6. The first-order valence-corrected chi connectivity index (χ1v) is 9.08. The van der Waals surface area contributed by atoms with E-state index < -0.39 is 5.79 Å². The van der Waals surface area contributed by atoms with Crippen LogP contribution in [0.4, 0.5) is 0 Å². The lowest BCUT2D eigenvalue weighted by atomic mass is 9.72. The van der Waals surface area contributed by atoms with Crippen LogP contribution in [-0.4, -0.2) is 44.5 Å². The standard InChI is InChI=1S/C20H27N3O3/c1-4-10-23-11-9-20(25-3)17(13-23)18(16(12-21)19(22)26-20)14-5-7-15(24-2)8-6-14/h5-8,17-18H,4,9-11,13,22H2,1-3H3/t17-,18+,20+/m0/s1. The number of benzene rings is 1. The summed E-state index contributed by atoms with van der Waals surface area (Å²) < 4.78 is 17.2. The van der Waals surface area contributed by atoms with Crippen LogP contribution >= 0.6 is 0 Å². The molecule has 2 aliphatic heterocycles. The van der Waals surface area contributed by atoms with Gasteiger partial charge in [0.2, 0.25) is 11.7 Å². The molecule has 0 aliphatic carbocycles. The van der Waals surface area contributed by atoms with E-state index in [1.54, 1.807) is 14.2 Å². The number of piperidine rings is 1. The van der Waals surface area contributed by atoms with Crippen LogP contribution < -0.4 is 10.5 Å². The summed E-state index contributed by atoms with van der Waals surface area (Å²) in [6.45, 7) is 4.89. The molecule has 1 aromatic carbocycles. The number of nitrogens with zero attached hydrogens (tertiary/aromatic N) is 2. The van der Waals surface area contributed by atoms with E-state index >= 15 is 0 Å². The fraction of sp³-hybridized carbons (Fsp3) is 0.550. The minimum absolute atomic E-state index is 0.0110. The highest BCUT2D eigenvalue weighted by Crippen LogP contribution is 2.49. The van der Waals surface area contributed by atoms with E-state index in [1.165, 1.54) is 0 Å². The summed E-state index contributed by atoms with van der Waals surface area (Å²) >= 11 is 0. The topological polar surface area (TPSA) is 80.7 Å². The Balaban J connectivity index is 2.06. The van der Waals surface area contributed by atoms with Gasteiger partial charge in [0.15, 0.2) is 0 Å². The maximum absolute atomic E-state index is 9.76. The van der Waals surface area contributed by atoms with E-state index in [4.69, 9.17) is 19.9 Å². The molecule has 0 saturated carbocycles. The first kappa shape index (κ1) is 18.6. The second kappa shape index (κ2) is 7.56. The molecule has 0 aromatic heterocycles. The minimum atomic E-state index is -0.792. The normalized spacial score (nSPS) is 28.8. The summed E-state index contributed by atoms with van der Waals surface area (Å²) in [4.78, 5) is 2.42. The summed E-state index contributed by atoms with van der Waals surface area (Å²) in [5.41, 5.74) is 7.66. The lowest BCUT2D eigenvalue weighted by molar-refractivity contribution is -0.266. The summed E-state index contributed by atoms with van der Waals surface area (Å²) in [7, 11) is 3.31. The average molecular weight is 357 g/mol. The van der Waals surface area contributed by atoms with Crippen LogP contribution in [0, 0.1) is 17.2 Å². The van der Waals surface area contributed by atoms with Crippen LogP contribution in [-0.2, 0) is 9.47 Å². The van der Waals surface area contributed by atoms with Crippen LogP contribution in [0.1, 0.15) is 31.2 Å². The Hall–Kier alpha value is -2.23. The van der Waals surface area contributed by atoms with E-state index in [0.717, 1.165) is 43.8 Å². The number of methoxy groups -OCH3 is 2. The largest absolute Gasteiger partial charge is 0.497 e. The van der Waals surface area contributed by atoms with Crippen LogP contribution in [0.5, 0.6) is 5.75 Å². The van der Waals surface area contributed by atoms with Crippen LogP contribution in [0.2, 0.25) is 0 Å². The van der Waals surface area contributed by atoms with Gasteiger partial charge in [-0.2, -0.15) is 5.26 Å². The molecule has 0 spiro atoms. The molecule has 0 bridgehead atoms. The Kier molecular flexibility index (Phi) is 5.40. The van der Waals surface area contributed by atoms with Crippen molar-refractivity contribution in [3.63, 3.8) is 0 Å². The highest BCUT2D eigenvalue weighted by Gasteiger charge is 2.54. The number of fused-ring (bicyclic) bond motifs is 1. The van der Waals surface area contributed by atoms with Gasteiger partial charge in [0.1, 0.15) is 11.8 Å². The monoisotopic (exact) mass is 357 g/mol. The zero-order valence-corrected chi connectivity index (χ0v) is 15.7. The van der Waals surface area contributed by atoms with Crippen molar-refractivity contribution in [1.29, 1.82) is 5.26 Å². The fourth-order valence-corrected chi connectivity index (χ4v) is 4.24. The van der Waals surface area contributed by atoms with Gasteiger partial charge < -0.3 is 24.8 Å². The van der Waals surface area contributed by atoms with Gasteiger partial charge in [-0.25, -0.2) is 0 Å². The van der Waals surface area contributed by atoms with E-state index in [0.29, 0.717) is 5.57 Å². The summed E-state index contributed by atoms with van der Waals surface area (Å²) in [6.07, 6.45) is 1.81. The summed E-state index contributed by atoms with van der Waals surface area (Å²) in [5.74, 6) is -0.0116. The van der Waals surface area contributed by atoms with Crippen molar-refractivity contribution >= 4 is 0 Å². The molecular formula is C20H27N3O3. The molecule has 140 valence electrons.